The average molecular weight is 673 g/mol. The molecular formula is C28H24ClF7N8O2. The lowest BCUT2D eigenvalue weighted by Gasteiger charge is -2.26. The standard InChI is InChI=1S/C28H24ClF7N8O2/c1-14-4-3-7-37-23(14)44-20(25(46)40-22-15(2)8-17(29)9-19(22)24(45)38-11-16-5-6-16)10-18(41-44)13-43-39-12-21(42-43)26(30,31)27(32,33)28(34,35)36/h3-4,7-10,12,16H,5-6,11,13H2,1-2H3,(H,38,45)(H,40,46). The van der Waals surface area contributed by atoms with Crippen molar-refractivity contribution in [3.05, 3.63) is 81.5 Å². The van der Waals surface area contributed by atoms with Gasteiger partial charge in [-0.1, -0.05) is 17.7 Å². The van der Waals surface area contributed by atoms with Crippen LogP contribution in [0.4, 0.5) is 36.4 Å². The van der Waals surface area contributed by atoms with Gasteiger partial charge in [0.2, 0.25) is 0 Å². The maximum atomic E-state index is 14.2. The number of hydrogen-bond donors (Lipinski definition) is 2. The van der Waals surface area contributed by atoms with E-state index in [0.717, 1.165) is 17.5 Å². The number of nitrogens with zero attached hydrogens (tertiary/aromatic N) is 6. The summed E-state index contributed by atoms with van der Waals surface area (Å²) in [5.74, 6) is -12.8. The van der Waals surface area contributed by atoms with Crippen molar-refractivity contribution < 1.29 is 40.3 Å². The molecule has 0 bridgehead atoms. The van der Waals surface area contributed by atoms with E-state index < -0.39 is 42.1 Å². The van der Waals surface area contributed by atoms with Gasteiger partial charge in [0.25, 0.3) is 11.8 Å². The topological polar surface area (TPSA) is 120 Å². The first-order chi connectivity index (χ1) is 21.5. The van der Waals surface area contributed by atoms with Crippen LogP contribution in [0.2, 0.25) is 5.02 Å². The van der Waals surface area contributed by atoms with Crippen LogP contribution in [-0.2, 0) is 12.5 Å². The molecule has 0 spiro atoms. The number of aromatic nitrogens is 6. The molecule has 4 aromatic rings. The average Bonchev–Trinajstić information content (AvgIpc) is 3.52. The lowest BCUT2D eigenvalue weighted by atomic mass is 10.1. The van der Waals surface area contributed by atoms with E-state index in [4.69, 9.17) is 11.6 Å². The molecule has 1 aliphatic carbocycles. The number of rotatable bonds is 10. The molecule has 10 nitrogen and oxygen atoms in total. The Morgan fingerprint density at radius 1 is 1.00 bits per heavy atom. The van der Waals surface area contributed by atoms with Crippen molar-refractivity contribution in [1.29, 1.82) is 0 Å². The quantitative estimate of drug-likeness (QED) is 0.204. The Hall–Kier alpha value is -4.54. The van der Waals surface area contributed by atoms with Gasteiger partial charge in [-0.25, -0.2) is 9.67 Å². The molecular weight excluding hydrogens is 649 g/mol. The Bertz CT molecular complexity index is 1800. The molecule has 3 aromatic heterocycles. The highest BCUT2D eigenvalue weighted by Gasteiger charge is 2.74. The summed E-state index contributed by atoms with van der Waals surface area (Å²) >= 11 is 6.20. The summed E-state index contributed by atoms with van der Waals surface area (Å²) in [7, 11) is 0. The van der Waals surface area contributed by atoms with E-state index in [1.165, 1.54) is 18.3 Å². The zero-order valence-corrected chi connectivity index (χ0v) is 24.7. The van der Waals surface area contributed by atoms with E-state index in [0.29, 0.717) is 28.4 Å². The minimum Gasteiger partial charge on any atom is -0.352 e. The molecule has 244 valence electrons. The summed E-state index contributed by atoms with van der Waals surface area (Å²) in [5.41, 5.74) is -0.871. The molecule has 1 fully saturated rings. The van der Waals surface area contributed by atoms with Gasteiger partial charge >= 0.3 is 18.0 Å². The Morgan fingerprint density at radius 3 is 2.37 bits per heavy atom. The number of hydrogen-bond acceptors (Lipinski definition) is 6. The second-order valence-corrected chi connectivity index (χ2v) is 11.2. The maximum absolute atomic E-state index is 14.2. The summed E-state index contributed by atoms with van der Waals surface area (Å²) in [5, 5.41) is 16.6. The number of carbonyl (C=O) groups is 2. The highest BCUT2D eigenvalue weighted by atomic mass is 35.5. The van der Waals surface area contributed by atoms with Crippen molar-refractivity contribution in [2.45, 2.75) is 51.3 Å². The molecule has 0 aliphatic heterocycles. The molecule has 1 aliphatic rings. The predicted molar refractivity (Wildman–Crippen MR) is 149 cm³/mol. The van der Waals surface area contributed by atoms with Gasteiger partial charge in [0.05, 0.1) is 23.1 Å². The number of benzene rings is 1. The summed E-state index contributed by atoms with van der Waals surface area (Å²) in [4.78, 5) is 31.4. The number of carbonyl (C=O) groups excluding carboxylic acids is 2. The van der Waals surface area contributed by atoms with Gasteiger partial charge in [0.1, 0.15) is 12.2 Å². The molecule has 2 amide bonds. The number of anilines is 1. The second-order valence-electron chi connectivity index (χ2n) is 10.7. The molecule has 1 aromatic carbocycles. The molecule has 0 saturated heterocycles. The first kappa shape index (κ1) is 32.8. The van der Waals surface area contributed by atoms with Gasteiger partial charge in [-0.05, 0) is 68.0 Å². The summed E-state index contributed by atoms with van der Waals surface area (Å²) in [6.45, 7) is 3.14. The highest BCUT2D eigenvalue weighted by molar-refractivity contribution is 6.31. The third-order valence-corrected chi connectivity index (χ3v) is 7.34. The minimum absolute atomic E-state index is 0.0709. The predicted octanol–water partition coefficient (Wildman–Crippen LogP) is 5.86. The van der Waals surface area contributed by atoms with Crippen molar-refractivity contribution in [1.82, 2.24) is 35.1 Å². The molecule has 46 heavy (non-hydrogen) atoms. The highest BCUT2D eigenvalue weighted by Crippen LogP contribution is 2.51. The summed E-state index contributed by atoms with van der Waals surface area (Å²) in [6, 6.07) is 7.43. The van der Waals surface area contributed by atoms with Gasteiger partial charge in [-0.3, -0.25) is 9.59 Å². The van der Waals surface area contributed by atoms with Crippen LogP contribution in [0.15, 0.2) is 42.7 Å². The van der Waals surface area contributed by atoms with Crippen LogP contribution in [0.3, 0.4) is 0 Å². The monoisotopic (exact) mass is 672 g/mol. The fraction of sp³-hybridized carbons (Fsp3) is 0.357. The SMILES string of the molecule is Cc1cccnc1-n1nc(Cn2ncc(C(F)(F)C(F)(F)C(F)(F)F)n2)cc1C(=O)Nc1c(C)cc(Cl)cc1C(=O)NCC1CC1. The number of alkyl halides is 7. The fourth-order valence-corrected chi connectivity index (χ4v) is 4.72. The van der Waals surface area contributed by atoms with Gasteiger partial charge in [-0.15, -0.1) is 0 Å². The van der Waals surface area contributed by atoms with Crippen LogP contribution >= 0.6 is 11.6 Å². The van der Waals surface area contributed by atoms with Crippen LogP contribution in [0.25, 0.3) is 5.82 Å². The van der Waals surface area contributed by atoms with E-state index in [9.17, 15) is 40.3 Å². The normalized spacial score (nSPS) is 14.0. The molecule has 0 unspecified atom stereocenters. The summed E-state index contributed by atoms with van der Waals surface area (Å²) < 4.78 is 94.5. The minimum atomic E-state index is -6.55. The van der Waals surface area contributed by atoms with E-state index >= 15 is 0 Å². The van der Waals surface area contributed by atoms with Crippen LogP contribution < -0.4 is 10.6 Å². The number of aryl methyl sites for hydroxylation is 2. The fourth-order valence-electron chi connectivity index (χ4n) is 4.45. The lowest BCUT2D eigenvalue weighted by molar-refractivity contribution is -0.360. The third kappa shape index (κ3) is 6.41. The molecule has 2 N–H and O–H groups in total. The van der Waals surface area contributed by atoms with Gasteiger partial charge in [0, 0.05) is 17.8 Å². The smallest absolute Gasteiger partial charge is 0.352 e. The van der Waals surface area contributed by atoms with Crippen molar-refractivity contribution >= 4 is 29.1 Å². The second kappa shape index (κ2) is 12.0. The van der Waals surface area contributed by atoms with Gasteiger partial charge in [0.15, 0.2) is 11.5 Å². The zero-order chi connectivity index (χ0) is 33.6. The first-order valence-corrected chi connectivity index (χ1v) is 14.0. The van der Waals surface area contributed by atoms with Crippen molar-refractivity contribution in [3.8, 4) is 5.82 Å². The maximum Gasteiger partial charge on any atom is 0.460 e. The van der Waals surface area contributed by atoms with Gasteiger partial charge < -0.3 is 10.6 Å². The van der Waals surface area contributed by atoms with E-state index in [2.05, 4.69) is 30.9 Å². The molecule has 1 saturated carbocycles. The van der Waals surface area contributed by atoms with E-state index in [-0.39, 0.29) is 39.7 Å². The van der Waals surface area contributed by atoms with Crippen molar-refractivity contribution in [2.75, 3.05) is 11.9 Å². The largest absolute Gasteiger partial charge is 0.460 e. The number of halogens is 8. The zero-order valence-electron chi connectivity index (χ0n) is 24.0. The Balaban J connectivity index is 1.48. The molecule has 5 rings (SSSR count). The number of amides is 2. The molecule has 0 atom stereocenters. The van der Waals surface area contributed by atoms with Crippen LogP contribution in [0.1, 0.15) is 56.2 Å². The molecule has 3 heterocycles. The Morgan fingerprint density at radius 2 is 1.72 bits per heavy atom. The number of nitrogens with one attached hydrogen (secondary N) is 2. The van der Waals surface area contributed by atoms with Crippen LogP contribution in [0, 0.1) is 19.8 Å². The Kier molecular flexibility index (Phi) is 8.57. The van der Waals surface area contributed by atoms with Crippen LogP contribution in [0.5, 0.6) is 0 Å². The van der Waals surface area contributed by atoms with E-state index in [1.807, 2.05) is 0 Å². The van der Waals surface area contributed by atoms with Crippen molar-refractivity contribution in [2.24, 2.45) is 5.92 Å². The Labute approximate surface area is 260 Å². The lowest BCUT2D eigenvalue weighted by Crippen LogP contribution is -2.50. The van der Waals surface area contributed by atoms with Crippen molar-refractivity contribution in [3.63, 3.8) is 0 Å². The number of pyridine rings is 1. The third-order valence-electron chi connectivity index (χ3n) is 7.12. The first-order valence-electron chi connectivity index (χ1n) is 13.6. The van der Waals surface area contributed by atoms with E-state index in [1.54, 1.807) is 32.0 Å². The van der Waals surface area contributed by atoms with Gasteiger partial charge in [-0.2, -0.15) is 50.8 Å². The van der Waals surface area contributed by atoms with Crippen LogP contribution in [-0.4, -0.2) is 60.2 Å². The molecule has 0 radical (unpaired) electrons. The summed E-state index contributed by atoms with van der Waals surface area (Å²) in [6.07, 6.45) is -3.05. The molecule has 18 heteroatoms.